The summed E-state index contributed by atoms with van der Waals surface area (Å²) < 4.78 is 0. The lowest BCUT2D eigenvalue weighted by molar-refractivity contribution is 0.334. The van der Waals surface area contributed by atoms with Crippen LogP contribution in [-0.4, -0.2) is 0 Å². The monoisotopic (exact) mass is 348 g/mol. The highest BCUT2D eigenvalue weighted by Gasteiger charge is 2.52. The van der Waals surface area contributed by atoms with E-state index in [2.05, 4.69) is 25.1 Å². The van der Waals surface area contributed by atoms with Gasteiger partial charge in [0.2, 0.25) is 5.41 Å². The standard InChI is InChI=1S/C20H17ClN4/c1-12-6-7-16-14(8-12)18(13-4-2-3-5-17(13)21)15(9-22)19(25)20(16,10-23)11-24/h2-5,7,12,14,18H,6,8,25H2,1H3/t12-,14+,18+/m1/s1. The molecule has 5 heteroatoms. The average Bonchev–Trinajstić information content (AvgIpc) is 2.62. The number of halogens is 1. The van der Waals surface area contributed by atoms with Gasteiger partial charge >= 0.3 is 0 Å². The molecule has 0 fully saturated rings. The number of benzene rings is 1. The third-order valence-electron chi connectivity index (χ3n) is 5.33. The van der Waals surface area contributed by atoms with Crippen LogP contribution in [-0.2, 0) is 0 Å². The topological polar surface area (TPSA) is 97.4 Å². The van der Waals surface area contributed by atoms with Crippen LogP contribution in [0.25, 0.3) is 0 Å². The van der Waals surface area contributed by atoms with Crippen molar-refractivity contribution in [1.29, 1.82) is 15.8 Å². The molecule has 2 aliphatic rings. The largest absolute Gasteiger partial charge is 0.399 e. The van der Waals surface area contributed by atoms with Crippen LogP contribution in [0.15, 0.2) is 47.2 Å². The van der Waals surface area contributed by atoms with Crippen molar-refractivity contribution in [3.63, 3.8) is 0 Å². The molecular formula is C20H17ClN4. The van der Waals surface area contributed by atoms with Crippen LogP contribution >= 0.6 is 11.6 Å². The maximum absolute atomic E-state index is 9.79. The Morgan fingerprint density at radius 1 is 1.20 bits per heavy atom. The van der Waals surface area contributed by atoms with Crippen molar-refractivity contribution in [3.05, 3.63) is 57.8 Å². The Kier molecular flexibility index (Phi) is 4.30. The summed E-state index contributed by atoms with van der Waals surface area (Å²) >= 11 is 6.41. The zero-order valence-electron chi connectivity index (χ0n) is 13.8. The van der Waals surface area contributed by atoms with E-state index in [0.29, 0.717) is 10.9 Å². The Morgan fingerprint density at radius 3 is 2.48 bits per heavy atom. The van der Waals surface area contributed by atoms with Gasteiger partial charge in [-0.25, -0.2) is 0 Å². The number of allylic oxidation sites excluding steroid dienone is 3. The van der Waals surface area contributed by atoms with Crippen LogP contribution in [0.2, 0.25) is 5.02 Å². The van der Waals surface area contributed by atoms with Gasteiger partial charge in [0.05, 0.1) is 29.5 Å². The van der Waals surface area contributed by atoms with E-state index in [0.717, 1.165) is 24.0 Å². The zero-order chi connectivity index (χ0) is 18.2. The van der Waals surface area contributed by atoms with E-state index in [1.807, 2.05) is 24.3 Å². The molecule has 0 saturated heterocycles. The molecule has 1 aromatic carbocycles. The minimum atomic E-state index is -1.56. The first-order chi connectivity index (χ1) is 12.0. The molecule has 0 heterocycles. The second kappa shape index (κ2) is 6.29. The van der Waals surface area contributed by atoms with Gasteiger partial charge < -0.3 is 5.73 Å². The molecule has 0 bridgehead atoms. The van der Waals surface area contributed by atoms with Crippen LogP contribution in [0, 0.1) is 51.2 Å². The summed E-state index contributed by atoms with van der Waals surface area (Å²) in [7, 11) is 0. The second-order valence-electron chi connectivity index (χ2n) is 6.75. The molecule has 2 aliphatic carbocycles. The predicted octanol–water partition coefficient (Wildman–Crippen LogP) is 4.18. The lowest BCUT2D eigenvalue weighted by atomic mass is 9.57. The minimum Gasteiger partial charge on any atom is -0.399 e. The highest BCUT2D eigenvalue weighted by atomic mass is 35.5. The maximum Gasteiger partial charge on any atom is 0.204 e. The van der Waals surface area contributed by atoms with Crippen molar-refractivity contribution in [3.8, 4) is 18.2 Å². The van der Waals surface area contributed by atoms with Gasteiger partial charge in [-0.2, -0.15) is 15.8 Å². The Bertz CT molecular complexity index is 893. The lowest BCUT2D eigenvalue weighted by Gasteiger charge is -2.43. The molecule has 0 aliphatic heterocycles. The third-order valence-corrected chi connectivity index (χ3v) is 5.68. The highest BCUT2D eigenvalue weighted by Crippen LogP contribution is 2.56. The number of nitriles is 3. The Morgan fingerprint density at radius 2 is 1.88 bits per heavy atom. The van der Waals surface area contributed by atoms with Crippen LogP contribution < -0.4 is 5.73 Å². The second-order valence-corrected chi connectivity index (χ2v) is 7.16. The van der Waals surface area contributed by atoms with Crippen molar-refractivity contribution in [2.45, 2.75) is 25.7 Å². The van der Waals surface area contributed by atoms with Crippen molar-refractivity contribution in [2.24, 2.45) is 23.0 Å². The number of fused-ring (bicyclic) bond motifs is 1. The first-order valence-corrected chi connectivity index (χ1v) is 8.55. The molecule has 0 radical (unpaired) electrons. The fraction of sp³-hybridized carbons (Fsp3) is 0.350. The number of nitrogens with zero attached hydrogens (tertiary/aromatic N) is 3. The number of hydrogen-bond acceptors (Lipinski definition) is 4. The van der Waals surface area contributed by atoms with E-state index >= 15 is 0 Å². The van der Waals surface area contributed by atoms with Crippen molar-refractivity contribution in [1.82, 2.24) is 0 Å². The van der Waals surface area contributed by atoms with Gasteiger partial charge in [0, 0.05) is 10.9 Å². The molecule has 0 amide bonds. The molecule has 4 nitrogen and oxygen atoms in total. The number of nitrogens with two attached hydrogens (primary N) is 1. The van der Waals surface area contributed by atoms with E-state index in [1.165, 1.54) is 0 Å². The van der Waals surface area contributed by atoms with Gasteiger partial charge in [0.25, 0.3) is 0 Å². The summed E-state index contributed by atoms with van der Waals surface area (Å²) in [6.45, 7) is 2.13. The predicted molar refractivity (Wildman–Crippen MR) is 94.6 cm³/mol. The molecule has 0 spiro atoms. The molecule has 0 unspecified atom stereocenters. The fourth-order valence-corrected chi connectivity index (χ4v) is 4.37. The molecule has 1 aromatic rings. The van der Waals surface area contributed by atoms with Crippen molar-refractivity contribution in [2.75, 3.05) is 0 Å². The highest BCUT2D eigenvalue weighted by molar-refractivity contribution is 6.31. The Hall–Kier alpha value is -2.74. The normalized spacial score (nSPS) is 27.3. The smallest absolute Gasteiger partial charge is 0.204 e. The molecule has 124 valence electrons. The van der Waals surface area contributed by atoms with Gasteiger partial charge in [0.15, 0.2) is 0 Å². The van der Waals surface area contributed by atoms with Gasteiger partial charge in [-0.15, -0.1) is 0 Å². The molecule has 3 rings (SSSR count). The summed E-state index contributed by atoms with van der Waals surface area (Å²) in [5.74, 6) is -0.0690. The zero-order valence-corrected chi connectivity index (χ0v) is 14.6. The summed E-state index contributed by atoms with van der Waals surface area (Å²) in [5, 5.41) is 29.9. The summed E-state index contributed by atoms with van der Waals surface area (Å²) in [5.41, 5.74) is 6.54. The molecular weight excluding hydrogens is 332 g/mol. The van der Waals surface area contributed by atoms with Gasteiger partial charge in [0.1, 0.15) is 0 Å². The molecule has 0 saturated carbocycles. The average molecular weight is 349 g/mol. The Labute approximate surface area is 152 Å². The lowest BCUT2D eigenvalue weighted by Crippen LogP contribution is -2.41. The van der Waals surface area contributed by atoms with Crippen LogP contribution in [0.1, 0.15) is 31.2 Å². The minimum absolute atomic E-state index is 0.0435. The fourth-order valence-electron chi connectivity index (χ4n) is 4.11. The number of hydrogen-bond donors (Lipinski definition) is 1. The van der Waals surface area contributed by atoms with E-state index in [9.17, 15) is 15.8 Å². The third kappa shape index (κ3) is 2.41. The number of rotatable bonds is 1. The van der Waals surface area contributed by atoms with Gasteiger partial charge in [-0.3, -0.25) is 0 Å². The summed E-state index contributed by atoms with van der Waals surface area (Å²) in [6.07, 6.45) is 3.54. The van der Waals surface area contributed by atoms with E-state index in [1.54, 1.807) is 6.07 Å². The van der Waals surface area contributed by atoms with Gasteiger partial charge in [-0.1, -0.05) is 42.8 Å². The van der Waals surface area contributed by atoms with Crippen LogP contribution in [0.4, 0.5) is 0 Å². The van der Waals surface area contributed by atoms with E-state index in [4.69, 9.17) is 17.3 Å². The van der Waals surface area contributed by atoms with E-state index < -0.39 is 5.41 Å². The summed E-state index contributed by atoms with van der Waals surface area (Å²) in [4.78, 5) is 0. The Balaban J connectivity index is 2.35. The van der Waals surface area contributed by atoms with Gasteiger partial charge in [-0.05, 0) is 41.9 Å². The molecule has 2 N–H and O–H groups in total. The first kappa shape index (κ1) is 17.1. The van der Waals surface area contributed by atoms with Crippen LogP contribution in [0.5, 0.6) is 0 Å². The molecule has 0 aromatic heterocycles. The van der Waals surface area contributed by atoms with Crippen LogP contribution in [0.3, 0.4) is 0 Å². The maximum atomic E-state index is 9.79. The SMILES string of the molecule is C[C@@H]1CC=C2[C@H](C1)[C@H](c1ccccc1Cl)C(C#N)=C(N)C2(C#N)C#N. The molecule has 3 atom stereocenters. The molecule has 25 heavy (non-hydrogen) atoms. The quantitative estimate of drug-likeness (QED) is 0.769. The summed E-state index contributed by atoms with van der Waals surface area (Å²) in [6, 6.07) is 13.7. The van der Waals surface area contributed by atoms with E-state index in [-0.39, 0.29) is 23.1 Å². The van der Waals surface area contributed by atoms with Crippen molar-refractivity contribution < 1.29 is 0 Å². The first-order valence-electron chi connectivity index (χ1n) is 8.17. The van der Waals surface area contributed by atoms with Crippen molar-refractivity contribution >= 4 is 11.6 Å².